The maximum atomic E-state index is 12.0. The zero-order valence-electron chi connectivity index (χ0n) is 8.69. The molecular formula is C11H16N2O2. The van der Waals surface area contributed by atoms with Gasteiger partial charge < -0.3 is 5.73 Å². The van der Waals surface area contributed by atoms with Crippen LogP contribution in [0.3, 0.4) is 0 Å². The summed E-state index contributed by atoms with van der Waals surface area (Å²) >= 11 is 0. The van der Waals surface area contributed by atoms with Gasteiger partial charge in [-0.15, -0.1) is 0 Å². The molecule has 82 valence electrons. The number of amides is 2. The van der Waals surface area contributed by atoms with Gasteiger partial charge in [0.2, 0.25) is 11.8 Å². The van der Waals surface area contributed by atoms with Crippen LogP contribution in [0.5, 0.6) is 0 Å². The Morgan fingerprint density at radius 1 is 1.00 bits per heavy atom. The second-order valence-corrected chi connectivity index (χ2v) is 5.14. The smallest absolute Gasteiger partial charge is 0.232 e. The first-order valence-corrected chi connectivity index (χ1v) is 5.79. The van der Waals surface area contributed by atoms with Crippen molar-refractivity contribution >= 4 is 11.8 Å². The molecule has 0 aromatic carbocycles. The minimum Gasteiger partial charge on any atom is -0.328 e. The molecule has 2 aliphatic carbocycles. The Morgan fingerprint density at radius 2 is 1.53 bits per heavy atom. The van der Waals surface area contributed by atoms with Gasteiger partial charge in [0, 0.05) is 23.9 Å². The van der Waals surface area contributed by atoms with Crippen molar-refractivity contribution in [1.82, 2.24) is 4.90 Å². The normalized spacial score (nSPS) is 44.5. The van der Waals surface area contributed by atoms with Gasteiger partial charge in [0.15, 0.2) is 0 Å². The molecule has 3 fully saturated rings. The molecule has 2 N–H and O–H groups in total. The van der Waals surface area contributed by atoms with Crippen LogP contribution in [0.15, 0.2) is 0 Å². The third-order valence-corrected chi connectivity index (χ3v) is 4.12. The average Bonchev–Trinajstić information content (AvgIpc) is 2.59. The number of hydrogen-bond acceptors (Lipinski definition) is 3. The van der Waals surface area contributed by atoms with Crippen molar-refractivity contribution in [1.29, 1.82) is 0 Å². The van der Waals surface area contributed by atoms with Crippen LogP contribution in [0.4, 0.5) is 0 Å². The Bertz CT molecular complexity index is 301. The van der Waals surface area contributed by atoms with Crippen molar-refractivity contribution in [3.05, 3.63) is 0 Å². The molecule has 2 bridgehead atoms. The fourth-order valence-corrected chi connectivity index (χ4v) is 3.13. The number of nitrogens with zero attached hydrogens (tertiary/aromatic N) is 1. The second kappa shape index (κ2) is 3.04. The van der Waals surface area contributed by atoms with Crippen LogP contribution in [-0.2, 0) is 9.59 Å². The summed E-state index contributed by atoms with van der Waals surface area (Å²) in [5.41, 5.74) is 5.70. The molecule has 2 amide bonds. The van der Waals surface area contributed by atoms with Crippen molar-refractivity contribution in [3.8, 4) is 0 Å². The molecule has 2 unspecified atom stereocenters. The Labute approximate surface area is 88.8 Å². The number of rotatable bonds is 1. The minimum atomic E-state index is 0.0747. The summed E-state index contributed by atoms with van der Waals surface area (Å²) in [4.78, 5) is 25.5. The number of fused-ring (bicyclic) bond motifs is 2. The van der Waals surface area contributed by atoms with Gasteiger partial charge >= 0.3 is 0 Å². The summed E-state index contributed by atoms with van der Waals surface area (Å²) in [5, 5.41) is 0. The van der Waals surface area contributed by atoms with E-state index in [0.717, 1.165) is 32.1 Å². The van der Waals surface area contributed by atoms with Gasteiger partial charge in [-0.3, -0.25) is 14.5 Å². The quantitative estimate of drug-likeness (QED) is 0.629. The molecule has 3 rings (SSSR count). The van der Waals surface area contributed by atoms with Crippen LogP contribution < -0.4 is 5.73 Å². The van der Waals surface area contributed by atoms with Crippen molar-refractivity contribution < 1.29 is 9.59 Å². The van der Waals surface area contributed by atoms with Crippen molar-refractivity contribution in [2.45, 2.75) is 44.2 Å². The summed E-state index contributed by atoms with van der Waals surface area (Å²) in [5.74, 6) is 0.408. The Morgan fingerprint density at radius 3 is 2.00 bits per heavy atom. The second-order valence-electron chi connectivity index (χ2n) is 5.14. The van der Waals surface area contributed by atoms with Crippen LogP contribution in [0.2, 0.25) is 0 Å². The Hall–Kier alpha value is -0.900. The van der Waals surface area contributed by atoms with E-state index in [1.165, 1.54) is 4.90 Å². The predicted octanol–water partition coefficient (Wildman–Crippen LogP) is 0.261. The molecule has 4 heteroatoms. The van der Waals surface area contributed by atoms with Crippen LogP contribution >= 0.6 is 0 Å². The summed E-state index contributed by atoms with van der Waals surface area (Å²) in [6.45, 7) is 0. The third kappa shape index (κ3) is 1.24. The van der Waals surface area contributed by atoms with E-state index in [9.17, 15) is 9.59 Å². The number of piperidine rings is 1. The Balaban J connectivity index is 1.82. The summed E-state index contributed by atoms with van der Waals surface area (Å²) in [6, 6.07) is 0.304. The van der Waals surface area contributed by atoms with E-state index >= 15 is 0 Å². The first-order chi connectivity index (χ1) is 7.16. The van der Waals surface area contributed by atoms with Crippen molar-refractivity contribution in [3.63, 3.8) is 0 Å². The van der Waals surface area contributed by atoms with Crippen LogP contribution in [0.1, 0.15) is 32.1 Å². The van der Waals surface area contributed by atoms with Gasteiger partial charge in [0.05, 0.1) is 0 Å². The van der Waals surface area contributed by atoms with Gasteiger partial charge in [0.1, 0.15) is 0 Å². The van der Waals surface area contributed by atoms with Gasteiger partial charge in [-0.2, -0.15) is 0 Å². The summed E-state index contributed by atoms with van der Waals surface area (Å²) < 4.78 is 0. The van der Waals surface area contributed by atoms with Gasteiger partial charge in [-0.1, -0.05) is 0 Å². The first-order valence-electron chi connectivity index (χ1n) is 5.79. The molecule has 15 heavy (non-hydrogen) atoms. The van der Waals surface area contributed by atoms with Crippen LogP contribution in [0, 0.1) is 11.8 Å². The average molecular weight is 208 g/mol. The lowest BCUT2D eigenvalue weighted by Gasteiger charge is -2.43. The highest BCUT2D eigenvalue weighted by Gasteiger charge is 2.49. The molecule has 2 saturated carbocycles. The first kappa shape index (κ1) is 9.33. The van der Waals surface area contributed by atoms with E-state index in [-0.39, 0.29) is 35.7 Å². The highest BCUT2D eigenvalue weighted by molar-refractivity contribution is 6.01. The predicted molar refractivity (Wildman–Crippen MR) is 53.7 cm³/mol. The number of likely N-dealkylation sites (tertiary alicyclic amines) is 1. The fraction of sp³-hybridized carbons (Fsp3) is 0.818. The van der Waals surface area contributed by atoms with Crippen LogP contribution in [-0.4, -0.2) is 28.8 Å². The molecule has 1 aliphatic heterocycles. The number of hydrogen-bond donors (Lipinski definition) is 1. The number of carbonyl (C=O) groups excluding carboxylic acids is 2. The third-order valence-electron chi connectivity index (χ3n) is 4.12. The van der Waals surface area contributed by atoms with E-state index in [2.05, 4.69) is 0 Å². The minimum absolute atomic E-state index is 0.0747. The molecule has 0 spiro atoms. The van der Waals surface area contributed by atoms with E-state index in [1.807, 2.05) is 0 Å². The molecule has 0 aromatic heterocycles. The SMILES string of the molecule is NC1CC(N2C(=O)C3CCC(C3)C2=O)C1. The molecule has 1 saturated heterocycles. The van der Waals surface area contributed by atoms with Gasteiger partial charge in [-0.25, -0.2) is 0 Å². The zero-order chi connectivity index (χ0) is 10.6. The Kier molecular flexibility index (Phi) is 1.89. The van der Waals surface area contributed by atoms with Crippen LogP contribution in [0.25, 0.3) is 0 Å². The summed E-state index contributed by atoms with van der Waals surface area (Å²) in [6.07, 6.45) is 4.22. The number of nitrogens with two attached hydrogens (primary N) is 1. The van der Waals surface area contributed by atoms with Gasteiger partial charge in [-0.05, 0) is 32.1 Å². The van der Waals surface area contributed by atoms with Gasteiger partial charge in [0.25, 0.3) is 0 Å². The van der Waals surface area contributed by atoms with E-state index in [4.69, 9.17) is 5.73 Å². The topological polar surface area (TPSA) is 63.4 Å². The van der Waals surface area contributed by atoms with E-state index < -0.39 is 0 Å². The molecule has 3 aliphatic rings. The lowest BCUT2D eigenvalue weighted by Crippen LogP contribution is -2.58. The fourth-order valence-electron chi connectivity index (χ4n) is 3.13. The van der Waals surface area contributed by atoms with Crippen molar-refractivity contribution in [2.75, 3.05) is 0 Å². The summed E-state index contributed by atoms with van der Waals surface area (Å²) in [7, 11) is 0. The maximum Gasteiger partial charge on any atom is 0.232 e. The number of imide groups is 1. The maximum absolute atomic E-state index is 12.0. The lowest BCUT2D eigenvalue weighted by atomic mass is 9.83. The molecule has 4 nitrogen and oxygen atoms in total. The lowest BCUT2D eigenvalue weighted by molar-refractivity contribution is -0.158. The molecule has 0 radical (unpaired) electrons. The monoisotopic (exact) mass is 208 g/mol. The van der Waals surface area contributed by atoms with Crippen molar-refractivity contribution in [2.24, 2.45) is 17.6 Å². The van der Waals surface area contributed by atoms with E-state index in [1.54, 1.807) is 0 Å². The standard InChI is InChI=1S/C11H16N2O2/c12-8-4-9(5-8)13-10(14)6-1-2-7(3-6)11(13)15/h6-9H,1-5,12H2. The van der Waals surface area contributed by atoms with E-state index in [0.29, 0.717) is 0 Å². The zero-order valence-corrected chi connectivity index (χ0v) is 8.69. The molecular weight excluding hydrogens is 192 g/mol. The number of carbonyl (C=O) groups is 2. The highest BCUT2D eigenvalue weighted by atomic mass is 16.2. The molecule has 1 heterocycles. The highest BCUT2D eigenvalue weighted by Crippen LogP contribution is 2.41. The molecule has 2 atom stereocenters. The largest absolute Gasteiger partial charge is 0.328 e. The molecule has 0 aromatic rings.